The monoisotopic (exact) mass is 363 g/mol. The van der Waals surface area contributed by atoms with Gasteiger partial charge in [0, 0.05) is 24.6 Å². The van der Waals surface area contributed by atoms with Crippen LogP contribution in [0.1, 0.15) is 45.3 Å². The third-order valence-corrected chi connectivity index (χ3v) is 4.61. The number of anilines is 1. The summed E-state index contributed by atoms with van der Waals surface area (Å²) in [4.78, 5) is 23.7. The number of rotatable bonds is 4. The van der Waals surface area contributed by atoms with E-state index in [0.29, 0.717) is 24.5 Å². The number of carboxylic acid groups (broad SMARTS) is 1. The van der Waals surface area contributed by atoms with Crippen molar-refractivity contribution in [1.29, 1.82) is 0 Å². The molecule has 2 N–H and O–H groups in total. The van der Waals surface area contributed by atoms with Crippen LogP contribution in [0, 0.1) is 6.92 Å². The van der Waals surface area contributed by atoms with Crippen molar-refractivity contribution in [2.24, 2.45) is 0 Å². The van der Waals surface area contributed by atoms with Crippen molar-refractivity contribution in [3.63, 3.8) is 0 Å². The van der Waals surface area contributed by atoms with E-state index in [0.717, 1.165) is 18.5 Å². The summed E-state index contributed by atoms with van der Waals surface area (Å²) < 4.78 is 7.22. The highest BCUT2D eigenvalue weighted by Gasteiger charge is 2.22. The Hall–Kier alpha value is -2.38. The Labute approximate surface area is 149 Å². The summed E-state index contributed by atoms with van der Waals surface area (Å²) in [6.07, 6.45) is 3.26. The van der Waals surface area contributed by atoms with Crippen molar-refractivity contribution < 1.29 is 19.4 Å². The van der Waals surface area contributed by atoms with E-state index in [1.165, 1.54) is 18.3 Å². The number of hydrogen-bond acceptors (Lipinski definition) is 4. The highest BCUT2D eigenvalue weighted by Crippen LogP contribution is 2.24. The van der Waals surface area contributed by atoms with Crippen LogP contribution in [0.2, 0.25) is 5.02 Å². The average molecular weight is 364 g/mol. The number of nitrogens with zero attached hydrogens (tertiary/aromatic N) is 2. The molecule has 132 valence electrons. The highest BCUT2D eigenvalue weighted by molar-refractivity contribution is 6.33. The lowest BCUT2D eigenvalue weighted by atomic mass is 10.1. The Balaban J connectivity index is 1.79. The number of halogens is 1. The third kappa shape index (κ3) is 3.67. The van der Waals surface area contributed by atoms with Gasteiger partial charge in [0.25, 0.3) is 5.91 Å². The maximum Gasteiger partial charge on any atom is 0.337 e. The average Bonchev–Trinajstić information content (AvgIpc) is 2.98. The van der Waals surface area contributed by atoms with E-state index >= 15 is 0 Å². The second-order valence-electron chi connectivity index (χ2n) is 5.89. The lowest BCUT2D eigenvalue weighted by Crippen LogP contribution is -2.22. The van der Waals surface area contributed by atoms with Crippen LogP contribution in [-0.2, 0) is 4.74 Å². The van der Waals surface area contributed by atoms with Gasteiger partial charge >= 0.3 is 5.97 Å². The smallest absolute Gasteiger partial charge is 0.337 e. The molecule has 1 aliphatic rings. The Bertz CT molecular complexity index is 812. The minimum absolute atomic E-state index is 0.0610. The van der Waals surface area contributed by atoms with Crippen LogP contribution >= 0.6 is 11.6 Å². The maximum atomic E-state index is 12.5. The Morgan fingerprint density at radius 2 is 2.04 bits per heavy atom. The molecule has 2 aromatic rings. The van der Waals surface area contributed by atoms with Gasteiger partial charge < -0.3 is 15.2 Å². The third-order valence-electron chi connectivity index (χ3n) is 4.28. The van der Waals surface area contributed by atoms with Gasteiger partial charge in [-0.3, -0.25) is 9.48 Å². The number of ether oxygens (including phenoxy) is 1. The van der Waals surface area contributed by atoms with Crippen molar-refractivity contribution in [2.45, 2.75) is 25.8 Å². The van der Waals surface area contributed by atoms with Crippen LogP contribution in [-0.4, -0.2) is 40.0 Å². The summed E-state index contributed by atoms with van der Waals surface area (Å²) in [5, 5.41) is 16.3. The molecule has 2 heterocycles. The van der Waals surface area contributed by atoms with Crippen LogP contribution in [0.3, 0.4) is 0 Å². The molecule has 8 heteroatoms. The molecule has 1 amide bonds. The summed E-state index contributed by atoms with van der Waals surface area (Å²) in [5.74, 6) is -1.49. The molecule has 0 bridgehead atoms. The summed E-state index contributed by atoms with van der Waals surface area (Å²) >= 11 is 5.84. The first-order valence-electron chi connectivity index (χ1n) is 7.93. The Kier molecular flexibility index (Phi) is 5.06. The predicted octanol–water partition coefficient (Wildman–Crippen LogP) is 3.15. The molecule has 0 saturated carbocycles. The van der Waals surface area contributed by atoms with E-state index in [2.05, 4.69) is 10.4 Å². The second kappa shape index (κ2) is 7.25. The molecule has 3 rings (SSSR count). The zero-order valence-corrected chi connectivity index (χ0v) is 14.4. The SMILES string of the molecule is Cc1c(C(=O)Nc2ccc(Cl)c(C(=O)O)c2)cnn1C1CCOCC1. The van der Waals surface area contributed by atoms with Gasteiger partial charge in [0.05, 0.1) is 28.4 Å². The molecule has 1 fully saturated rings. The van der Waals surface area contributed by atoms with Crippen LogP contribution in [0.4, 0.5) is 5.69 Å². The number of hydrogen-bond donors (Lipinski definition) is 2. The number of aromatic carboxylic acids is 1. The van der Waals surface area contributed by atoms with E-state index in [1.807, 2.05) is 11.6 Å². The minimum Gasteiger partial charge on any atom is -0.478 e. The van der Waals surface area contributed by atoms with Crippen molar-refractivity contribution in [3.05, 3.63) is 46.2 Å². The number of aromatic nitrogens is 2. The van der Waals surface area contributed by atoms with E-state index < -0.39 is 5.97 Å². The summed E-state index contributed by atoms with van der Waals surface area (Å²) in [5.41, 5.74) is 1.54. The zero-order chi connectivity index (χ0) is 18.0. The largest absolute Gasteiger partial charge is 0.478 e. The van der Waals surface area contributed by atoms with E-state index in [-0.39, 0.29) is 22.5 Å². The fourth-order valence-electron chi connectivity index (χ4n) is 2.91. The van der Waals surface area contributed by atoms with Gasteiger partial charge in [0.1, 0.15) is 0 Å². The molecule has 1 aromatic carbocycles. The Morgan fingerprint density at radius 3 is 2.72 bits per heavy atom. The molecule has 0 unspecified atom stereocenters. The summed E-state index contributed by atoms with van der Waals surface area (Å²) in [6.45, 7) is 3.23. The first kappa shape index (κ1) is 17.4. The molecule has 0 aliphatic carbocycles. The lowest BCUT2D eigenvalue weighted by Gasteiger charge is -2.23. The fourth-order valence-corrected chi connectivity index (χ4v) is 3.11. The molecule has 25 heavy (non-hydrogen) atoms. The molecule has 0 spiro atoms. The number of carboxylic acids is 1. The van der Waals surface area contributed by atoms with E-state index in [4.69, 9.17) is 21.4 Å². The molecule has 1 aromatic heterocycles. The fraction of sp³-hybridized carbons (Fsp3) is 0.353. The van der Waals surface area contributed by atoms with Gasteiger partial charge in [0.2, 0.25) is 0 Å². The first-order valence-corrected chi connectivity index (χ1v) is 8.31. The van der Waals surface area contributed by atoms with Gasteiger partial charge in [-0.05, 0) is 38.0 Å². The van der Waals surface area contributed by atoms with Crippen molar-refractivity contribution in [3.8, 4) is 0 Å². The number of nitrogens with one attached hydrogen (secondary N) is 1. The van der Waals surface area contributed by atoms with Crippen molar-refractivity contribution >= 4 is 29.2 Å². The molecular formula is C17H18ClN3O4. The van der Waals surface area contributed by atoms with E-state index in [9.17, 15) is 9.59 Å². The molecule has 7 nitrogen and oxygen atoms in total. The Morgan fingerprint density at radius 1 is 1.32 bits per heavy atom. The molecule has 1 saturated heterocycles. The molecule has 0 atom stereocenters. The minimum atomic E-state index is -1.15. The predicted molar refractivity (Wildman–Crippen MR) is 92.4 cm³/mol. The van der Waals surface area contributed by atoms with Crippen molar-refractivity contribution in [1.82, 2.24) is 9.78 Å². The number of amides is 1. The van der Waals surface area contributed by atoms with Gasteiger partial charge in [-0.1, -0.05) is 11.6 Å². The first-order chi connectivity index (χ1) is 12.0. The molecule has 0 radical (unpaired) electrons. The normalized spacial score (nSPS) is 15.1. The van der Waals surface area contributed by atoms with Crippen LogP contribution in [0.5, 0.6) is 0 Å². The standard InChI is InChI=1S/C17H18ClN3O4/c1-10-14(9-19-21(10)12-4-6-25-7-5-12)16(22)20-11-2-3-15(18)13(8-11)17(23)24/h2-3,8-9,12H,4-7H2,1H3,(H,20,22)(H,23,24). The summed E-state index contributed by atoms with van der Waals surface area (Å²) in [6, 6.07) is 4.56. The maximum absolute atomic E-state index is 12.5. The van der Waals surface area contributed by atoms with Crippen LogP contribution < -0.4 is 5.32 Å². The molecule has 1 aliphatic heterocycles. The topological polar surface area (TPSA) is 93.5 Å². The molecular weight excluding hydrogens is 346 g/mol. The lowest BCUT2D eigenvalue weighted by molar-refractivity contribution is 0.0656. The van der Waals surface area contributed by atoms with Gasteiger partial charge in [-0.2, -0.15) is 5.10 Å². The zero-order valence-electron chi connectivity index (χ0n) is 13.7. The number of carbonyl (C=O) groups excluding carboxylic acids is 1. The van der Waals surface area contributed by atoms with Gasteiger partial charge in [0.15, 0.2) is 0 Å². The van der Waals surface area contributed by atoms with Gasteiger partial charge in [-0.25, -0.2) is 4.79 Å². The highest BCUT2D eigenvalue weighted by atomic mass is 35.5. The quantitative estimate of drug-likeness (QED) is 0.870. The van der Waals surface area contributed by atoms with Gasteiger partial charge in [-0.15, -0.1) is 0 Å². The number of benzene rings is 1. The van der Waals surface area contributed by atoms with Crippen LogP contribution in [0.15, 0.2) is 24.4 Å². The summed E-state index contributed by atoms with van der Waals surface area (Å²) in [7, 11) is 0. The van der Waals surface area contributed by atoms with E-state index in [1.54, 1.807) is 6.07 Å². The van der Waals surface area contributed by atoms with Crippen LogP contribution in [0.25, 0.3) is 0 Å². The second-order valence-corrected chi connectivity index (χ2v) is 6.29. The van der Waals surface area contributed by atoms with Crippen molar-refractivity contribution in [2.75, 3.05) is 18.5 Å². The number of carbonyl (C=O) groups is 2.